The van der Waals surface area contributed by atoms with E-state index in [-0.39, 0.29) is 11.7 Å². The summed E-state index contributed by atoms with van der Waals surface area (Å²) in [6.07, 6.45) is 2.50. The van der Waals surface area contributed by atoms with Gasteiger partial charge in [-0.25, -0.2) is 0 Å². The molecule has 0 saturated carbocycles. The molecule has 0 saturated heterocycles. The van der Waals surface area contributed by atoms with Crippen molar-refractivity contribution in [2.45, 2.75) is 0 Å². The highest BCUT2D eigenvalue weighted by Crippen LogP contribution is 2.17. The van der Waals surface area contributed by atoms with Crippen LogP contribution in [0.4, 0.5) is 0 Å². The predicted octanol–water partition coefficient (Wildman–Crippen LogP) is 1.52. The predicted molar refractivity (Wildman–Crippen MR) is 65.2 cm³/mol. The molecule has 4 nitrogen and oxygen atoms in total. The number of rotatable bonds is 4. The van der Waals surface area contributed by atoms with Crippen LogP contribution in [0, 0.1) is 0 Å². The van der Waals surface area contributed by atoms with Crippen LogP contribution in [0.5, 0.6) is 5.75 Å². The molecule has 0 aliphatic heterocycles. The van der Waals surface area contributed by atoms with E-state index in [1.165, 1.54) is 24.2 Å². The second kappa shape index (κ2) is 5.84. The zero-order chi connectivity index (χ0) is 12.8. The molecule has 1 rings (SSSR count). The second-order valence-electron chi connectivity index (χ2n) is 3.63. The first-order valence-corrected chi connectivity index (χ1v) is 5.13. The molecule has 0 unspecified atom stereocenters. The van der Waals surface area contributed by atoms with E-state index in [0.29, 0.717) is 11.3 Å². The van der Waals surface area contributed by atoms with Gasteiger partial charge in [0.05, 0.1) is 12.7 Å². The highest BCUT2D eigenvalue weighted by Gasteiger charge is 2.08. The Labute approximate surface area is 100 Å². The summed E-state index contributed by atoms with van der Waals surface area (Å²) >= 11 is 0. The van der Waals surface area contributed by atoms with Gasteiger partial charge < -0.3 is 9.64 Å². The van der Waals surface area contributed by atoms with Crippen LogP contribution in [0.2, 0.25) is 0 Å². The topological polar surface area (TPSA) is 46.6 Å². The number of allylic oxidation sites excluding steroid dienone is 1. The normalized spacial score (nSPS) is 10.3. The van der Waals surface area contributed by atoms with Crippen LogP contribution in [-0.2, 0) is 4.79 Å². The van der Waals surface area contributed by atoms with Crippen LogP contribution in [0.15, 0.2) is 36.4 Å². The average molecular weight is 233 g/mol. The molecule has 0 radical (unpaired) electrons. The van der Waals surface area contributed by atoms with Gasteiger partial charge in [-0.3, -0.25) is 9.59 Å². The second-order valence-corrected chi connectivity index (χ2v) is 3.63. The number of carbonyl (C=O) groups excluding carboxylic acids is 2. The molecule has 0 atom stereocenters. The summed E-state index contributed by atoms with van der Waals surface area (Å²) in [5.41, 5.74) is 0.442. The van der Waals surface area contributed by atoms with Crippen molar-refractivity contribution in [3.05, 3.63) is 42.0 Å². The minimum atomic E-state index is -0.252. The number of ether oxygens (including phenoxy) is 1. The number of ketones is 1. The van der Waals surface area contributed by atoms with Gasteiger partial charge in [0.1, 0.15) is 5.75 Å². The van der Waals surface area contributed by atoms with Crippen LogP contribution < -0.4 is 4.74 Å². The number of amides is 1. The Balaban J connectivity index is 2.87. The SMILES string of the molecule is COc1ccccc1C(=O)/C=C/C(=O)N(C)C. The van der Waals surface area contributed by atoms with E-state index in [0.717, 1.165) is 0 Å². The van der Waals surface area contributed by atoms with Crippen LogP contribution in [-0.4, -0.2) is 37.8 Å². The Morgan fingerprint density at radius 1 is 1.18 bits per heavy atom. The van der Waals surface area contributed by atoms with Crippen molar-refractivity contribution in [3.8, 4) is 5.75 Å². The molecular formula is C13H15NO3. The molecule has 0 heterocycles. The highest BCUT2D eigenvalue weighted by molar-refractivity contribution is 6.09. The van der Waals surface area contributed by atoms with E-state index < -0.39 is 0 Å². The number of methoxy groups -OCH3 is 1. The van der Waals surface area contributed by atoms with Crippen LogP contribution in [0.1, 0.15) is 10.4 Å². The summed E-state index contributed by atoms with van der Waals surface area (Å²) in [7, 11) is 4.75. The smallest absolute Gasteiger partial charge is 0.246 e. The maximum absolute atomic E-state index is 11.8. The van der Waals surface area contributed by atoms with Gasteiger partial charge in [-0.15, -0.1) is 0 Å². The number of hydrogen-bond donors (Lipinski definition) is 0. The van der Waals surface area contributed by atoms with Crippen molar-refractivity contribution in [2.75, 3.05) is 21.2 Å². The van der Waals surface area contributed by atoms with E-state index in [1.807, 2.05) is 0 Å². The standard InChI is InChI=1S/C13H15NO3/c1-14(2)13(16)9-8-11(15)10-6-4-5-7-12(10)17-3/h4-9H,1-3H3/b9-8+. The summed E-state index contributed by atoms with van der Waals surface area (Å²) < 4.78 is 5.07. The van der Waals surface area contributed by atoms with Crippen molar-refractivity contribution in [3.63, 3.8) is 0 Å². The largest absolute Gasteiger partial charge is 0.496 e. The first-order chi connectivity index (χ1) is 8.06. The molecule has 0 aliphatic rings. The zero-order valence-electron chi connectivity index (χ0n) is 10.1. The monoisotopic (exact) mass is 233 g/mol. The Morgan fingerprint density at radius 3 is 2.41 bits per heavy atom. The van der Waals surface area contributed by atoms with Gasteiger partial charge in [0, 0.05) is 20.2 Å². The number of likely N-dealkylation sites (N-methyl/N-ethyl adjacent to an activating group) is 1. The van der Waals surface area contributed by atoms with Gasteiger partial charge in [0.2, 0.25) is 5.91 Å². The molecule has 1 aromatic rings. The lowest BCUT2D eigenvalue weighted by Crippen LogP contribution is -2.19. The summed E-state index contributed by atoms with van der Waals surface area (Å²) in [6.45, 7) is 0. The number of nitrogens with zero attached hydrogens (tertiary/aromatic N) is 1. The van der Waals surface area contributed by atoms with Crippen molar-refractivity contribution in [1.29, 1.82) is 0 Å². The number of hydrogen-bond acceptors (Lipinski definition) is 3. The Hall–Kier alpha value is -2.10. The minimum Gasteiger partial charge on any atom is -0.496 e. The zero-order valence-corrected chi connectivity index (χ0v) is 10.1. The lowest BCUT2D eigenvalue weighted by Gasteiger charge is -2.06. The van der Waals surface area contributed by atoms with E-state index >= 15 is 0 Å². The van der Waals surface area contributed by atoms with Gasteiger partial charge in [-0.2, -0.15) is 0 Å². The molecule has 0 fully saturated rings. The van der Waals surface area contributed by atoms with Gasteiger partial charge in [0.15, 0.2) is 5.78 Å². The van der Waals surface area contributed by atoms with E-state index in [4.69, 9.17) is 4.74 Å². The quantitative estimate of drug-likeness (QED) is 0.585. The van der Waals surface area contributed by atoms with E-state index in [2.05, 4.69) is 0 Å². The van der Waals surface area contributed by atoms with Crippen LogP contribution >= 0.6 is 0 Å². The maximum atomic E-state index is 11.8. The molecule has 17 heavy (non-hydrogen) atoms. The van der Waals surface area contributed by atoms with Crippen molar-refractivity contribution >= 4 is 11.7 Å². The Bertz CT molecular complexity index is 450. The molecule has 0 aliphatic carbocycles. The van der Waals surface area contributed by atoms with Crippen molar-refractivity contribution in [2.24, 2.45) is 0 Å². The molecule has 90 valence electrons. The summed E-state index contributed by atoms with van der Waals surface area (Å²) in [5.74, 6) is 0.0188. The number of benzene rings is 1. The lowest BCUT2D eigenvalue weighted by atomic mass is 10.1. The summed E-state index contributed by atoms with van der Waals surface area (Å²) in [6, 6.07) is 6.89. The Morgan fingerprint density at radius 2 is 1.82 bits per heavy atom. The third-order valence-electron chi connectivity index (χ3n) is 2.19. The molecule has 0 spiro atoms. The fourth-order valence-corrected chi connectivity index (χ4v) is 1.23. The lowest BCUT2D eigenvalue weighted by molar-refractivity contribution is -0.123. The first-order valence-electron chi connectivity index (χ1n) is 5.13. The fourth-order valence-electron chi connectivity index (χ4n) is 1.23. The third-order valence-corrected chi connectivity index (χ3v) is 2.19. The van der Waals surface area contributed by atoms with Crippen molar-refractivity contribution in [1.82, 2.24) is 4.90 Å². The van der Waals surface area contributed by atoms with Crippen molar-refractivity contribution < 1.29 is 14.3 Å². The molecule has 1 amide bonds. The highest BCUT2D eigenvalue weighted by atomic mass is 16.5. The molecule has 4 heteroatoms. The van der Waals surface area contributed by atoms with Crippen LogP contribution in [0.3, 0.4) is 0 Å². The fraction of sp³-hybridized carbons (Fsp3) is 0.231. The van der Waals surface area contributed by atoms with Gasteiger partial charge in [0.25, 0.3) is 0 Å². The average Bonchev–Trinajstić information content (AvgIpc) is 2.35. The molecule has 0 bridgehead atoms. The molecule has 0 aromatic heterocycles. The molecular weight excluding hydrogens is 218 g/mol. The maximum Gasteiger partial charge on any atom is 0.246 e. The number of carbonyl (C=O) groups is 2. The third kappa shape index (κ3) is 3.45. The minimum absolute atomic E-state index is 0.228. The molecule has 1 aromatic carbocycles. The molecule has 0 N–H and O–H groups in total. The van der Waals surface area contributed by atoms with E-state index in [9.17, 15) is 9.59 Å². The van der Waals surface area contributed by atoms with Gasteiger partial charge in [-0.05, 0) is 18.2 Å². The van der Waals surface area contributed by atoms with Crippen LogP contribution in [0.25, 0.3) is 0 Å². The Kier molecular flexibility index (Phi) is 4.46. The van der Waals surface area contributed by atoms with Gasteiger partial charge in [-0.1, -0.05) is 12.1 Å². The number of para-hydroxylation sites is 1. The summed E-state index contributed by atoms with van der Waals surface area (Å²) in [4.78, 5) is 24.5. The van der Waals surface area contributed by atoms with E-state index in [1.54, 1.807) is 38.4 Å². The summed E-state index contributed by atoms with van der Waals surface area (Å²) in [5, 5.41) is 0. The first kappa shape index (κ1) is 13.0. The van der Waals surface area contributed by atoms with Gasteiger partial charge >= 0.3 is 0 Å².